The van der Waals surface area contributed by atoms with Gasteiger partial charge in [0.1, 0.15) is 6.10 Å². The Morgan fingerprint density at radius 2 is 2.20 bits per heavy atom. The van der Waals surface area contributed by atoms with Gasteiger partial charge in [-0.15, -0.1) is 0 Å². The summed E-state index contributed by atoms with van der Waals surface area (Å²) in [6.45, 7) is 8.10. The van der Waals surface area contributed by atoms with E-state index in [-0.39, 0.29) is 17.6 Å². The Morgan fingerprint density at radius 1 is 1.53 bits per heavy atom. The molecule has 0 radical (unpaired) electrons. The van der Waals surface area contributed by atoms with E-state index in [1.54, 1.807) is 0 Å². The highest BCUT2D eigenvalue weighted by molar-refractivity contribution is 5.82. The summed E-state index contributed by atoms with van der Waals surface area (Å²) >= 11 is 0. The maximum absolute atomic E-state index is 12.0. The normalized spacial score (nSPS) is 23.3. The summed E-state index contributed by atoms with van der Waals surface area (Å²) in [5.41, 5.74) is 5.32. The first kappa shape index (κ1) is 12.5. The van der Waals surface area contributed by atoms with Crippen LogP contribution < -0.4 is 5.73 Å². The smallest absolute Gasteiger partial charge is 0.252 e. The molecule has 0 aromatic carbocycles. The molecule has 15 heavy (non-hydrogen) atoms. The highest BCUT2D eigenvalue weighted by Gasteiger charge is 2.35. The summed E-state index contributed by atoms with van der Waals surface area (Å²) in [5.74, 6) is 0.113. The number of carbonyl (C=O) groups excluding carboxylic acids is 1. The zero-order valence-corrected chi connectivity index (χ0v) is 9.95. The standard InChI is InChI=1S/C11H22N2O2/c1-11(2,3)13-7-8-15-9(10(13)14)5-4-6-12/h9H,4-8,12H2,1-3H3. The Hall–Kier alpha value is -0.610. The summed E-state index contributed by atoms with van der Waals surface area (Å²) in [6.07, 6.45) is 1.30. The molecule has 1 fully saturated rings. The molecule has 4 nitrogen and oxygen atoms in total. The van der Waals surface area contributed by atoms with Crippen LogP contribution in [-0.2, 0) is 9.53 Å². The Bertz CT molecular complexity index is 223. The van der Waals surface area contributed by atoms with Crippen LogP contribution >= 0.6 is 0 Å². The van der Waals surface area contributed by atoms with Gasteiger partial charge in [-0.1, -0.05) is 0 Å². The molecule has 0 aromatic heterocycles. The molecule has 1 unspecified atom stereocenters. The fourth-order valence-corrected chi connectivity index (χ4v) is 1.82. The van der Waals surface area contributed by atoms with Gasteiger partial charge in [-0.25, -0.2) is 0 Å². The van der Waals surface area contributed by atoms with E-state index in [9.17, 15) is 4.79 Å². The first-order chi connectivity index (χ1) is 6.96. The molecule has 1 rings (SSSR count). The van der Waals surface area contributed by atoms with E-state index in [0.29, 0.717) is 19.7 Å². The van der Waals surface area contributed by atoms with Crippen LogP contribution in [0.4, 0.5) is 0 Å². The number of rotatable bonds is 3. The molecule has 0 bridgehead atoms. The fourth-order valence-electron chi connectivity index (χ4n) is 1.82. The van der Waals surface area contributed by atoms with Gasteiger partial charge in [0.2, 0.25) is 0 Å². The van der Waals surface area contributed by atoms with Crippen LogP contribution in [0.5, 0.6) is 0 Å². The van der Waals surface area contributed by atoms with Gasteiger partial charge in [0.25, 0.3) is 5.91 Å². The van der Waals surface area contributed by atoms with Crippen molar-refractivity contribution in [3.05, 3.63) is 0 Å². The number of morpholine rings is 1. The summed E-state index contributed by atoms with van der Waals surface area (Å²) < 4.78 is 5.47. The van der Waals surface area contributed by atoms with Gasteiger partial charge in [0.15, 0.2) is 0 Å². The van der Waals surface area contributed by atoms with Gasteiger partial charge in [-0.2, -0.15) is 0 Å². The largest absolute Gasteiger partial charge is 0.367 e. The molecule has 0 aliphatic carbocycles. The van der Waals surface area contributed by atoms with Gasteiger partial charge in [0.05, 0.1) is 6.61 Å². The minimum Gasteiger partial charge on any atom is -0.367 e. The van der Waals surface area contributed by atoms with Crippen molar-refractivity contribution in [1.29, 1.82) is 0 Å². The molecule has 4 heteroatoms. The van der Waals surface area contributed by atoms with Crippen LogP contribution in [0.25, 0.3) is 0 Å². The van der Waals surface area contributed by atoms with Gasteiger partial charge in [-0.05, 0) is 40.2 Å². The molecule has 0 saturated carbocycles. The summed E-state index contributed by atoms with van der Waals surface area (Å²) in [5, 5.41) is 0. The lowest BCUT2D eigenvalue weighted by atomic mass is 10.0. The second-order valence-electron chi connectivity index (χ2n) is 4.95. The van der Waals surface area contributed by atoms with E-state index in [0.717, 1.165) is 12.8 Å². The van der Waals surface area contributed by atoms with Crippen molar-refractivity contribution in [1.82, 2.24) is 4.90 Å². The molecular weight excluding hydrogens is 192 g/mol. The zero-order valence-electron chi connectivity index (χ0n) is 9.95. The number of hydrogen-bond acceptors (Lipinski definition) is 3. The van der Waals surface area contributed by atoms with Gasteiger partial charge >= 0.3 is 0 Å². The van der Waals surface area contributed by atoms with E-state index >= 15 is 0 Å². The van der Waals surface area contributed by atoms with Gasteiger partial charge in [-0.3, -0.25) is 4.79 Å². The molecule has 1 amide bonds. The fraction of sp³-hybridized carbons (Fsp3) is 0.909. The molecule has 1 saturated heterocycles. The molecule has 0 aromatic rings. The van der Waals surface area contributed by atoms with E-state index in [4.69, 9.17) is 10.5 Å². The number of amides is 1. The molecule has 1 atom stereocenters. The lowest BCUT2D eigenvalue weighted by Crippen LogP contribution is -2.55. The van der Waals surface area contributed by atoms with Crippen molar-refractivity contribution >= 4 is 5.91 Å². The van der Waals surface area contributed by atoms with Gasteiger partial charge < -0.3 is 15.4 Å². The molecule has 88 valence electrons. The van der Waals surface area contributed by atoms with Crippen molar-refractivity contribution in [2.75, 3.05) is 19.7 Å². The van der Waals surface area contributed by atoms with E-state index < -0.39 is 0 Å². The summed E-state index contributed by atoms with van der Waals surface area (Å²) in [4.78, 5) is 13.9. The molecule has 0 spiro atoms. The SMILES string of the molecule is CC(C)(C)N1CCOC(CCCN)C1=O. The summed E-state index contributed by atoms with van der Waals surface area (Å²) in [6, 6.07) is 0. The lowest BCUT2D eigenvalue weighted by Gasteiger charge is -2.41. The quantitative estimate of drug-likeness (QED) is 0.754. The van der Waals surface area contributed by atoms with E-state index in [2.05, 4.69) is 20.8 Å². The topological polar surface area (TPSA) is 55.6 Å². The zero-order chi connectivity index (χ0) is 11.5. The van der Waals surface area contributed by atoms with Crippen molar-refractivity contribution in [2.45, 2.75) is 45.3 Å². The molecule has 2 N–H and O–H groups in total. The first-order valence-electron chi connectivity index (χ1n) is 5.60. The van der Waals surface area contributed by atoms with Crippen LogP contribution in [0.3, 0.4) is 0 Å². The number of nitrogens with two attached hydrogens (primary N) is 1. The van der Waals surface area contributed by atoms with Crippen molar-refractivity contribution in [3.8, 4) is 0 Å². The van der Waals surface area contributed by atoms with Crippen LogP contribution in [0, 0.1) is 0 Å². The molecule has 1 heterocycles. The number of carbonyl (C=O) groups is 1. The molecular formula is C11H22N2O2. The van der Waals surface area contributed by atoms with E-state index in [1.807, 2.05) is 4.90 Å². The molecule has 1 aliphatic heterocycles. The Balaban J connectivity index is 2.59. The van der Waals surface area contributed by atoms with Crippen LogP contribution in [0.1, 0.15) is 33.6 Å². The van der Waals surface area contributed by atoms with Crippen LogP contribution in [0.2, 0.25) is 0 Å². The highest BCUT2D eigenvalue weighted by Crippen LogP contribution is 2.20. The average molecular weight is 214 g/mol. The number of hydrogen-bond donors (Lipinski definition) is 1. The van der Waals surface area contributed by atoms with Crippen LogP contribution in [-0.4, -0.2) is 42.1 Å². The van der Waals surface area contributed by atoms with Gasteiger partial charge in [0, 0.05) is 12.1 Å². The lowest BCUT2D eigenvalue weighted by molar-refractivity contribution is -0.160. The Kier molecular flexibility index (Phi) is 4.11. The predicted octanol–water partition coefficient (Wildman–Crippen LogP) is 0.751. The van der Waals surface area contributed by atoms with Crippen molar-refractivity contribution in [2.24, 2.45) is 5.73 Å². The molecule has 1 aliphatic rings. The maximum atomic E-state index is 12.0. The third-order valence-electron chi connectivity index (χ3n) is 2.66. The third kappa shape index (κ3) is 3.18. The minimum atomic E-state index is -0.276. The Labute approximate surface area is 91.8 Å². The van der Waals surface area contributed by atoms with Crippen molar-refractivity contribution < 1.29 is 9.53 Å². The van der Waals surface area contributed by atoms with Crippen LogP contribution in [0.15, 0.2) is 0 Å². The maximum Gasteiger partial charge on any atom is 0.252 e. The van der Waals surface area contributed by atoms with E-state index in [1.165, 1.54) is 0 Å². The highest BCUT2D eigenvalue weighted by atomic mass is 16.5. The second kappa shape index (κ2) is 4.94. The Morgan fingerprint density at radius 3 is 2.73 bits per heavy atom. The average Bonchev–Trinajstić information content (AvgIpc) is 2.14. The number of nitrogens with zero attached hydrogens (tertiary/aromatic N) is 1. The summed E-state index contributed by atoms with van der Waals surface area (Å²) in [7, 11) is 0. The predicted molar refractivity (Wildman–Crippen MR) is 59.5 cm³/mol. The first-order valence-corrected chi connectivity index (χ1v) is 5.60. The number of ether oxygens (including phenoxy) is 1. The third-order valence-corrected chi connectivity index (χ3v) is 2.66. The second-order valence-corrected chi connectivity index (χ2v) is 4.95. The monoisotopic (exact) mass is 214 g/mol. The van der Waals surface area contributed by atoms with Crippen molar-refractivity contribution in [3.63, 3.8) is 0 Å². The minimum absolute atomic E-state index is 0.109.